The summed E-state index contributed by atoms with van der Waals surface area (Å²) in [4.78, 5) is 0.736. The summed E-state index contributed by atoms with van der Waals surface area (Å²) < 4.78 is 0. The number of thiol groups is 1. The fourth-order valence-corrected chi connectivity index (χ4v) is 2.16. The highest BCUT2D eigenvalue weighted by atomic mass is 32.1. The van der Waals surface area contributed by atoms with Crippen molar-refractivity contribution in [2.75, 3.05) is 0 Å². The van der Waals surface area contributed by atoms with Gasteiger partial charge in [-0.2, -0.15) is 12.6 Å². The molecule has 0 saturated heterocycles. The highest BCUT2D eigenvalue weighted by Crippen LogP contribution is 2.11. The number of hydrogen-bond acceptors (Lipinski definition) is 1. The van der Waals surface area contributed by atoms with E-state index in [9.17, 15) is 0 Å². The van der Waals surface area contributed by atoms with Crippen molar-refractivity contribution in [2.24, 2.45) is 0 Å². The lowest BCUT2D eigenvalue weighted by Crippen LogP contribution is -1.95. The molecule has 0 fully saturated rings. The Balaban J connectivity index is 2.84. The van der Waals surface area contributed by atoms with Gasteiger partial charge in [-0.1, -0.05) is 58.3 Å². The number of hydrogen-bond donors (Lipinski definition) is 1. The molecule has 0 N–H and O–H groups in total. The highest BCUT2D eigenvalue weighted by Gasteiger charge is 1.94. The Bertz CT molecular complexity index is 94.1. The van der Waals surface area contributed by atoms with Gasteiger partial charge < -0.3 is 0 Å². The van der Waals surface area contributed by atoms with Gasteiger partial charge in [0.25, 0.3) is 0 Å². The maximum atomic E-state index is 4.43. The minimum Gasteiger partial charge on any atom is -0.180 e. The molecule has 0 radical (unpaired) electrons. The van der Waals surface area contributed by atoms with Gasteiger partial charge in [0.2, 0.25) is 0 Å². The third kappa shape index (κ3) is 12.6. The van der Waals surface area contributed by atoms with Gasteiger partial charge in [-0.25, -0.2) is 0 Å². The molecule has 13 heavy (non-hydrogen) atoms. The quantitative estimate of drug-likeness (QED) is 0.343. The van der Waals surface area contributed by atoms with Crippen molar-refractivity contribution in [1.29, 1.82) is 0 Å². The Labute approximate surface area is 92.7 Å². The third-order valence-electron chi connectivity index (χ3n) is 2.48. The number of unbranched alkanes of at least 4 members (excludes halogenated alkanes) is 7. The van der Waals surface area contributed by atoms with Crippen molar-refractivity contribution in [3.05, 3.63) is 0 Å². The normalized spacial score (nSPS) is 13.4. The van der Waals surface area contributed by atoms with Crippen LogP contribution in [0.4, 0.5) is 0 Å². The van der Waals surface area contributed by atoms with Crippen LogP contribution in [0.5, 0.6) is 0 Å². The number of rotatable bonds is 9. The predicted molar refractivity (Wildman–Crippen MR) is 69.9 cm³/mol. The molecular weight excluding hydrogens is 192 g/mol. The molecule has 1 unspecified atom stereocenters. The van der Waals surface area contributed by atoms with Gasteiger partial charge >= 0.3 is 0 Å². The van der Waals surface area contributed by atoms with Gasteiger partial charge in [0.1, 0.15) is 0 Å². The molecule has 0 nitrogen and oxygen atoms in total. The zero-order valence-electron chi connectivity index (χ0n) is 9.39. The molecule has 0 aliphatic heterocycles. The predicted octanol–water partition coefficient (Wildman–Crippen LogP) is 3.14. The van der Waals surface area contributed by atoms with Crippen LogP contribution in [0.1, 0.15) is 64.7 Å². The first kappa shape index (κ1) is 13.6. The molecule has 80 valence electrons. The van der Waals surface area contributed by atoms with Gasteiger partial charge in [0.15, 0.2) is 0 Å². The van der Waals surface area contributed by atoms with Crippen LogP contribution in [0.2, 0.25) is 0 Å². The molecule has 2 heteroatoms. The van der Waals surface area contributed by atoms with E-state index in [1.807, 2.05) is 0 Å². The SMILES string of the molecule is CCCCCCCCCCC([SiH3])S. The van der Waals surface area contributed by atoms with Crippen LogP contribution < -0.4 is 0 Å². The smallest absolute Gasteiger partial charge is 0.0189 e. The van der Waals surface area contributed by atoms with Crippen LogP contribution in [0, 0.1) is 0 Å². The maximum Gasteiger partial charge on any atom is 0.0189 e. The lowest BCUT2D eigenvalue weighted by molar-refractivity contribution is 0.571. The van der Waals surface area contributed by atoms with Crippen LogP contribution >= 0.6 is 12.6 Å². The van der Waals surface area contributed by atoms with Crippen molar-refractivity contribution in [3.8, 4) is 0 Å². The van der Waals surface area contributed by atoms with Gasteiger partial charge in [-0.05, 0) is 11.3 Å². The van der Waals surface area contributed by atoms with Crippen LogP contribution in [0.15, 0.2) is 0 Å². The standard InChI is InChI=1S/C11H26SSi/c1-2-3-4-5-6-7-8-9-10-11(12)13/h11-12H,2-10H2,1,13H3. The first-order valence-corrected chi connectivity index (χ1v) is 7.62. The van der Waals surface area contributed by atoms with Gasteiger partial charge in [0, 0.05) is 10.2 Å². The minimum atomic E-state index is 0.736. The van der Waals surface area contributed by atoms with E-state index in [-0.39, 0.29) is 0 Å². The summed E-state index contributed by atoms with van der Waals surface area (Å²) in [6.45, 7) is 2.28. The summed E-state index contributed by atoms with van der Waals surface area (Å²) in [6, 6.07) is 0. The summed E-state index contributed by atoms with van der Waals surface area (Å²) in [5, 5.41) is 0. The van der Waals surface area contributed by atoms with Crippen LogP contribution in [-0.2, 0) is 0 Å². The summed E-state index contributed by atoms with van der Waals surface area (Å²) in [5.41, 5.74) is 0. The first-order valence-electron chi connectivity index (χ1n) is 5.95. The van der Waals surface area contributed by atoms with Crippen molar-refractivity contribution < 1.29 is 0 Å². The average molecular weight is 218 g/mol. The molecule has 1 atom stereocenters. The Kier molecular flexibility index (Phi) is 11.1. The largest absolute Gasteiger partial charge is 0.180 e. The van der Waals surface area contributed by atoms with Gasteiger partial charge in [-0.15, -0.1) is 0 Å². The monoisotopic (exact) mass is 218 g/mol. The minimum absolute atomic E-state index is 0.736. The lowest BCUT2D eigenvalue weighted by atomic mass is 10.1. The topological polar surface area (TPSA) is 0 Å². The molecular formula is C11H26SSi. The average Bonchev–Trinajstić information content (AvgIpc) is 2.09. The van der Waals surface area contributed by atoms with E-state index in [2.05, 4.69) is 19.6 Å². The van der Waals surface area contributed by atoms with Gasteiger partial charge in [-0.3, -0.25) is 0 Å². The lowest BCUT2D eigenvalue weighted by Gasteiger charge is -2.03. The van der Waals surface area contributed by atoms with E-state index in [1.54, 1.807) is 0 Å². The van der Waals surface area contributed by atoms with Crippen molar-refractivity contribution in [1.82, 2.24) is 0 Å². The molecule has 0 aliphatic rings. The Morgan fingerprint density at radius 3 is 1.85 bits per heavy atom. The van der Waals surface area contributed by atoms with E-state index in [4.69, 9.17) is 0 Å². The second kappa shape index (κ2) is 10.6. The molecule has 0 rings (SSSR count). The van der Waals surface area contributed by atoms with Crippen molar-refractivity contribution in [3.63, 3.8) is 0 Å². The molecule has 0 amide bonds. The van der Waals surface area contributed by atoms with E-state index in [0.29, 0.717) is 0 Å². The second-order valence-corrected chi connectivity index (χ2v) is 7.36. The Morgan fingerprint density at radius 2 is 1.38 bits per heavy atom. The highest BCUT2D eigenvalue weighted by molar-refractivity contribution is 7.82. The summed E-state index contributed by atoms with van der Waals surface area (Å²) in [6.07, 6.45) is 12.8. The fourth-order valence-electron chi connectivity index (χ4n) is 1.57. The summed E-state index contributed by atoms with van der Waals surface area (Å²) >= 11 is 4.43. The van der Waals surface area contributed by atoms with Crippen LogP contribution in [0.3, 0.4) is 0 Å². The molecule has 0 aromatic carbocycles. The zero-order chi connectivity index (χ0) is 9.94. The van der Waals surface area contributed by atoms with Crippen LogP contribution in [-0.4, -0.2) is 15.1 Å². The van der Waals surface area contributed by atoms with Crippen molar-refractivity contribution in [2.45, 2.75) is 69.6 Å². The van der Waals surface area contributed by atoms with E-state index in [1.165, 1.54) is 68.0 Å². The molecule has 0 aromatic heterocycles. The summed E-state index contributed by atoms with van der Waals surface area (Å²) in [5.74, 6) is 0. The molecule has 0 aliphatic carbocycles. The van der Waals surface area contributed by atoms with E-state index in [0.717, 1.165) is 4.87 Å². The van der Waals surface area contributed by atoms with Crippen molar-refractivity contribution >= 4 is 22.9 Å². The molecule has 0 heterocycles. The Hall–Kier alpha value is 0.567. The van der Waals surface area contributed by atoms with Crippen LogP contribution in [0.25, 0.3) is 0 Å². The Morgan fingerprint density at radius 1 is 0.923 bits per heavy atom. The summed E-state index contributed by atoms with van der Waals surface area (Å²) in [7, 11) is 1.25. The molecule has 0 aromatic rings. The maximum absolute atomic E-state index is 4.43. The van der Waals surface area contributed by atoms with E-state index < -0.39 is 0 Å². The van der Waals surface area contributed by atoms with Gasteiger partial charge in [0.05, 0.1) is 0 Å². The molecule has 0 spiro atoms. The second-order valence-electron chi connectivity index (χ2n) is 4.11. The first-order chi connectivity index (χ1) is 6.27. The third-order valence-corrected chi connectivity index (χ3v) is 3.31. The fraction of sp³-hybridized carbons (Fsp3) is 1.00. The molecule has 0 saturated carbocycles. The van der Waals surface area contributed by atoms with E-state index >= 15 is 0 Å². The zero-order valence-corrected chi connectivity index (χ0v) is 12.3. The molecule has 0 bridgehead atoms.